The van der Waals surface area contributed by atoms with Crippen molar-refractivity contribution in [1.82, 2.24) is 4.98 Å². The summed E-state index contributed by atoms with van der Waals surface area (Å²) in [6, 6.07) is 1.78. The second kappa shape index (κ2) is 5.34. The van der Waals surface area contributed by atoms with Crippen LogP contribution < -0.4 is 9.47 Å². The van der Waals surface area contributed by atoms with Gasteiger partial charge in [-0.1, -0.05) is 0 Å². The third-order valence-corrected chi connectivity index (χ3v) is 2.12. The molecule has 90 valence electrons. The summed E-state index contributed by atoms with van der Waals surface area (Å²) < 4.78 is 15.4. The van der Waals surface area contributed by atoms with E-state index < -0.39 is 0 Å². The highest BCUT2D eigenvalue weighted by molar-refractivity contribution is 5.87. The van der Waals surface area contributed by atoms with Crippen LogP contribution in [0.4, 0.5) is 0 Å². The maximum absolute atomic E-state index is 11.1. The summed E-state index contributed by atoms with van der Waals surface area (Å²) in [7, 11) is 0. The molecule has 17 heavy (non-hydrogen) atoms. The van der Waals surface area contributed by atoms with Gasteiger partial charge in [0.1, 0.15) is 13.2 Å². The topological polar surface area (TPSA) is 57.7 Å². The minimum absolute atomic E-state index is 0.364. The lowest BCUT2D eigenvalue weighted by molar-refractivity contribution is -0.137. The van der Waals surface area contributed by atoms with Crippen LogP contribution >= 0.6 is 0 Å². The first-order valence-electron chi connectivity index (χ1n) is 5.40. The highest BCUT2D eigenvalue weighted by Crippen LogP contribution is 2.28. The summed E-state index contributed by atoms with van der Waals surface area (Å²) in [6.07, 6.45) is 4.60. The molecule has 0 atom stereocenters. The van der Waals surface area contributed by atoms with Gasteiger partial charge in [0.25, 0.3) is 5.88 Å². The minimum Gasteiger partial charge on any atom is -0.484 e. The fourth-order valence-corrected chi connectivity index (χ4v) is 1.39. The number of carbonyl (C=O) groups is 1. The van der Waals surface area contributed by atoms with Crippen LogP contribution in [0, 0.1) is 0 Å². The van der Waals surface area contributed by atoms with Crippen molar-refractivity contribution in [3.63, 3.8) is 0 Å². The van der Waals surface area contributed by atoms with Crippen LogP contribution in [0.1, 0.15) is 12.5 Å². The molecule has 0 N–H and O–H groups in total. The van der Waals surface area contributed by atoms with Crippen molar-refractivity contribution in [2.75, 3.05) is 19.8 Å². The molecule has 0 bridgehead atoms. The molecule has 1 aromatic heterocycles. The monoisotopic (exact) mass is 235 g/mol. The van der Waals surface area contributed by atoms with Crippen LogP contribution in [0.25, 0.3) is 6.08 Å². The molecule has 0 saturated carbocycles. The van der Waals surface area contributed by atoms with Gasteiger partial charge in [-0.15, -0.1) is 0 Å². The molecule has 0 fully saturated rings. The smallest absolute Gasteiger partial charge is 0.330 e. The highest BCUT2D eigenvalue weighted by atomic mass is 16.6. The Bertz CT molecular complexity index is 442. The number of carbonyl (C=O) groups excluding carboxylic acids is 1. The standard InChI is InChI=1S/C12H13NO4/c1-2-15-11(14)4-3-9-7-10-12(13-8-9)17-6-5-16-10/h3-4,7-8H,2,5-6H2,1H3/b4-3+. The van der Waals surface area contributed by atoms with Crippen molar-refractivity contribution >= 4 is 12.0 Å². The van der Waals surface area contributed by atoms with Gasteiger partial charge in [-0.2, -0.15) is 0 Å². The SMILES string of the molecule is CCOC(=O)/C=C/c1cnc2c(c1)OCCO2. The van der Waals surface area contributed by atoms with Crippen molar-refractivity contribution in [2.24, 2.45) is 0 Å². The molecule has 0 aliphatic carbocycles. The van der Waals surface area contributed by atoms with Crippen LogP contribution in [-0.2, 0) is 9.53 Å². The first-order valence-corrected chi connectivity index (χ1v) is 5.40. The summed E-state index contributed by atoms with van der Waals surface area (Å²) in [5.74, 6) is 0.717. The average molecular weight is 235 g/mol. The number of hydrogen-bond donors (Lipinski definition) is 0. The van der Waals surface area contributed by atoms with Gasteiger partial charge in [0, 0.05) is 12.3 Å². The number of fused-ring (bicyclic) bond motifs is 1. The van der Waals surface area contributed by atoms with Crippen molar-refractivity contribution in [2.45, 2.75) is 6.92 Å². The molecule has 1 aliphatic heterocycles. The predicted octanol–water partition coefficient (Wildman–Crippen LogP) is 1.43. The van der Waals surface area contributed by atoms with Gasteiger partial charge >= 0.3 is 5.97 Å². The summed E-state index contributed by atoms with van der Waals surface area (Å²) in [6.45, 7) is 3.15. The third-order valence-electron chi connectivity index (χ3n) is 2.12. The fraction of sp³-hybridized carbons (Fsp3) is 0.333. The zero-order valence-corrected chi connectivity index (χ0v) is 9.51. The molecule has 0 saturated heterocycles. The van der Waals surface area contributed by atoms with E-state index in [0.29, 0.717) is 31.5 Å². The van der Waals surface area contributed by atoms with Crippen LogP contribution in [0.2, 0.25) is 0 Å². The quantitative estimate of drug-likeness (QED) is 0.586. The molecule has 2 heterocycles. The Morgan fingerprint density at radius 2 is 2.35 bits per heavy atom. The lowest BCUT2D eigenvalue weighted by atomic mass is 10.2. The Morgan fingerprint density at radius 3 is 3.18 bits per heavy atom. The van der Waals surface area contributed by atoms with E-state index in [4.69, 9.17) is 14.2 Å². The summed E-state index contributed by atoms with van der Waals surface area (Å²) in [5.41, 5.74) is 0.766. The number of pyridine rings is 1. The third kappa shape index (κ3) is 2.96. The predicted molar refractivity (Wildman–Crippen MR) is 60.9 cm³/mol. The van der Waals surface area contributed by atoms with Gasteiger partial charge in [0.05, 0.1) is 6.61 Å². The average Bonchev–Trinajstić information content (AvgIpc) is 2.36. The molecule has 0 aromatic carbocycles. The maximum atomic E-state index is 11.1. The Balaban J connectivity index is 2.09. The van der Waals surface area contributed by atoms with Crippen molar-refractivity contribution in [3.05, 3.63) is 23.9 Å². The van der Waals surface area contributed by atoms with E-state index in [1.165, 1.54) is 6.08 Å². The number of hydrogen-bond acceptors (Lipinski definition) is 5. The number of rotatable bonds is 3. The Morgan fingerprint density at radius 1 is 1.53 bits per heavy atom. The molecular formula is C12H13NO4. The Hall–Kier alpha value is -2.04. The molecule has 0 radical (unpaired) electrons. The van der Waals surface area contributed by atoms with E-state index >= 15 is 0 Å². The van der Waals surface area contributed by atoms with Crippen LogP contribution in [-0.4, -0.2) is 30.8 Å². The second-order valence-corrected chi connectivity index (χ2v) is 3.35. The summed E-state index contributed by atoms with van der Waals surface area (Å²) >= 11 is 0. The molecule has 5 heteroatoms. The van der Waals surface area contributed by atoms with Gasteiger partial charge in [-0.3, -0.25) is 0 Å². The fourth-order valence-electron chi connectivity index (χ4n) is 1.39. The minimum atomic E-state index is -0.373. The van der Waals surface area contributed by atoms with Gasteiger partial charge in [0.2, 0.25) is 0 Å². The largest absolute Gasteiger partial charge is 0.484 e. The van der Waals surface area contributed by atoms with Crippen LogP contribution in [0.5, 0.6) is 11.6 Å². The van der Waals surface area contributed by atoms with E-state index in [1.54, 1.807) is 25.3 Å². The lowest BCUT2D eigenvalue weighted by Crippen LogP contribution is -2.16. The lowest BCUT2D eigenvalue weighted by Gasteiger charge is -2.16. The molecule has 5 nitrogen and oxygen atoms in total. The number of ether oxygens (including phenoxy) is 3. The van der Waals surface area contributed by atoms with E-state index in [0.717, 1.165) is 5.56 Å². The Kier molecular flexibility index (Phi) is 3.59. The number of aromatic nitrogens is 1. The molecule has 2 rings (SSSR count). The normalized spacial score (nSPS) is 13.7. The Labute approximate surface area is 99.0 Å². The molecule has 0 amide bonds. The van der Waals surface area contributed by atoms with E-state index in [-0.39, 0.29) is 5.97 Å². The van der Waals surface area contributed by atoms with Gasteiger partial charge < -0.3 is 14.2 Å². The van der Waals surface area contributed by atoms with Gasteiger partial charge in [-0.25, -0.2) is 9.78 Å². The van der Waals surface area contributed by atoms with Crippen molar-refractivity contribution in [3.8, 4) is 11.6 Å². The van der Waals surface area contributed by atoms with Crippen molar-refractivity contribution < 1.29 is 19.0 Å². The molecule has 1 aromatic rings. The zero-order chi connectivity index (χ0) is 12.1. The molecule has 1 aliphatic rings. The number of nitrogens with zero attached hydrogens (tertiary/aromatic N) is 1. The summed E-state index contributed by atoms with van der Waals surface area (Å²) in [5, 5.41) is 0. The molecule has 0 unspecified atom stereocenters. The molecular weight excluding hydrogens is 222 g/mol. The van der Waals surface area contributed by atoms with Crippen LogP contribution in [0.15, 0.2) is 18.3 Å². The second-order valence-electron chi connectivity index (χ2n) is 3.35. The number of esters is 1. The zero-order valence-electron chi connectivity index (χ0n) is 9.51. The van der Waals surface area contributed by atoms with Gasteiger partial charge in [-0.05, 0) is 24.6 Å². The first-order chi connectivity index (χ1) is 8.29. The maximum Gasteiger partial charge on any atom is 0.330 e. The first kappa shape index (κ1) is 11.4. The van der Waals surface area contributed by atoms with E-state index in [9.17, 15) is 4.79 Å². The molecule has 0 spiro atoms. The highest BCUT2D eigenvalue weighted by Gasteiger charge is 2.12. The van der Waals surface area contributed by atoms with Gasteiger partial charge in [0.15, 0.2) is 5.75 Å². The summed E-state index contributed by atoms with van der Waals surface area (Å²) in [4.78, 5) is 15.2. The van der Waals surface area contributed by atoms with E-state index in [1.807, 2.05) is 0 Å². The van der Waals surface area contributed by atoms with Crippen molar-refractivity contribution in [1.29, 1.82) is 0 Å². The van der Waals surface area contributed by atoms with Crippen LogP contribution in [0.3, 0.4) is 0 Å². The van der Waals surface area contributed by atoms with E-state index in [2.05, 4.69) is 4.98 Å².